The molecule has 1 aromatic heterocycles. The standard InChI is InChI=1S/C13H18N2O3/c1-3-14-7-4-5-10(14)11(16)15-8-6-13(2,9-15)12(17)18/h4-5,7H,3,6,8-9H2,1-2H3,(H,17,18). The highest BCUT2D eigenvalue weighted by molar-refractivity contribution is 5.93. The number of nitrogens with zero attached hydrogens (tertiary/aromatic N) is 2. The van der Waals surface area contributed by atoms with E-state index in [0.29, 0.717) is 18.7 Å². The van der Waals surface area contributed by atoms with E-state index in [0.717, 1.165) is 6.54 Å². The molecule has 18 heavy (non-hydrogen) atoms. The average Bonchev–Trinajstić information content (AvgIpc) is 2.94. The van der Waals surface area contributed by atoms with Crippen molar-refractivity contribution in [2.24, 2.45) is 5.41 Å². The lowest BCUT2D eigenvalue weighted by Gasteiger charge is -2.20. The van der Waals surface area contributed by atoms with Gasteiger partial charge >= 0.3 is 5.97 Å². The number of carbonyl (C=O) groups is 2. The first kappa shape index (κ1) is 12.7. The molecule has 1 aromatic rings. The molecule has 1 atom stereocenters. The zero-order valence-corrected chi connectivity index (χ0v) is 10.7. The molecular weight excluding hydrogens is 232 g/mol. The number of amides is 1. The van der Waals surface area contributed by atoms with E-state index in [1.54, 1.807) is 17.9 Å². The predicted molar refractivity (Wildman–Crippen MR) is 66.4 cm³/mol. The first-order valence-corrected chi connectivity index (χ1v) is 6.16. The van der Waals surface area contributed by atoms with Crippen molar-refractivity contribution in [1.82, 2.24) is 9.47 Å². The van der Waals surface area contributed by atoms with Gasteiger partial charge in [0.15, 0.2) is 0 Å². The molecule has 1 N–H and O–H groups in total. The van der Waals surface area contributed by atoms with Crippen LogP contribution in [0.2, 0.25) is 0 Å². The van der Waals surface area contributed by atoms with Crippen molar-refractivity contribution in [3.63, 3.8) is 0 Å². The van der Waals surface area contributed by atoms with Crippen LogP contribution in [0.4, 0.5) is 0 Å². The minimum absolute atomic E-state index is 0.0770. The van der Waals surface area contributed by atoms with Crippen LogP contribution < -0.4 is 0 Å². The smallest absolute Gasteiger partial charge is 0.311 e. The van der Waals surface area contributed by atoms with Gasteiger partial charge in [-0.25, -0.2) is 0 Å². The molecule has 0 bridgehead atoms. The highest BCUT2D eigenvalue weighted by Gasteiger charge is 2.42. The van der Waals surface area contributed by atoms with E-state index < -0.39 is 11.4 Å². The van der Waals surface area contributed by atoms with Crippen LogP contribution in [0.3, 0.4) is 0 Å². The maximum atomic E-state index is 12.3. The second kappa shape index (κ2) is 4.48. The predicted octanol–water partition coefficient (Wildman–Crippen LogP) is 1.44. The van der Waals surface area contributed by atoms with E-state index in [4.69, 9.17) is 5.11 Å². The fraction of sp³-hybridized carbons (Fsp3) is 0.538. The van der Waals surface area contributed by atoms with E-state index in [2.05, 4.69) is 0 Å². The third-order valence-electron chi connectivity index (χ3n) is 3.67. The van der Waals surface area contributed by atoms with E-state index in [9.17, 15) is 9.59 Å². The first-order valence-electron chi connectivity index (χ1n) is 6.16. The second-order valence-electron chi connectivity index (χ2n) is 5.02. The zero-order valence-electron chi connectivity index (χ0n) is 10.7. The van der Waals surface area contributed by atoms with Gasteiger partial charge < -0.3 is 14.6 Å². The van der Waals surface area contributed by atoms with Gasteiger partial charge in [-0.2, -0.15) is 0 Å². The van der Waals surface area contributed by atoms with E-state index >= 15 is 0 Å². The number of likely N-dealkylation sites (tertiary alicyclic amines) is 1. The van der Waals surface area contributed by atoms with Crippen molar-refractivity contribution in [3.8, 4) is 0 Å². The van der Waals surface area contributed by atoms with Crippen molar-refractivity contribution in [2.75, 3.05) is 13.1 Å². The number of aliphatic carboxylic acids is 1. The minimum Gasteiger partial charge on any atom is -0.481 e. The SMILES string of the molecule is CCn1cccc1C(=O)N1CCC(C)(C(=O)O)C1. The summed E-state index contributed by atoms with van der Waals surface area (Å²) in [6.07, 6.45) is 2.38. The number of carboxylic acids is 1. The van der Waals surface area contributed by atoms with Gasteiger partial charge in [0.1, 0.15) is 5.69 Å². The fourth-order valence-electron chi connectivity index (χ4n) is 2.35. The molecule has 5 nitrogen and oxygen atoms in total. The fourth-order valence-corrected chi connectivity index (χ4v) is 2.35. The van der Waals surface area contributed by atoms with E-state index in [1.807, 2.05) is 23.8 Å². The first-order chi connectivity index (χ1) is 8.48. The molecule has 2 heterocycles. The number of carboxylic acid groups (broad SMARTS) is 1. The quantitative estimate of drug-likeness (QED) is 0.883. The van der Waals surface area contributed by atoms with Gasteiger partial charge in [0, 0.05) is 25.8 Å². The third-order valence-corrected chi connectivity index (χ3v) is 3.67. The number of hydrogen-bond acceptors (Lipinski definition) is 2. The molecule has 5 heteroatoms. The topological polar surface area (TPSA) is 62.5 Å². The number of aryl methyl sites for hydroxylation is 1. The molecule has 0 aromatic carbocycles. The third kappa shape index (κ3) is 2.00. The Hall–Kier alpha value is -1.78. The van der Waals surface area contributed by atoms with Gasteiger partial charge in [0.25, 0.3) is 5.91 Å². The summed E-state index contributed by atoms with van der Waals surface area (Å²) < 4.78 is 1.87. The Morgan fingerprint density at radius 3 is 2.78 bits per heavy atom. The second-order valence-corrected chi connectivity index (χ2v) is 5.02. The lowest BCUT2D eigenvalue weighted by molar-refractivity contribution is -0.147. The van der Waals surface area contributed by atoms with E-state index in [-0.39, 0.29) is 12.5 Å². The maximum absolute atomic E-state index is 12.3. The van der Waals surface area contributed by atoms with Crippen molar-refractivity contribution < 1.29 is 14.7 Å². The highest BCUT2D eigenvalue weighted by atomic mass is 16.4. The van der Waals surface area contributed by atoms with Gasteiger partial charge in [0.2, 0.25) is 0 Å². The van der Waals surface area contributed by atoms with Gasteiger partial charge in [-0.3, -0.25) is 9.59 Å². The van der Waals surface area contributed by atoms with Crippen LogP contribution in [0.5, 0.6) is 0 Å². The molecule has 1 fully saturated rings. The summed E-state index contributed by atoms with van der Waals surface area (Å²) in [5.41, 5.74) is -0.175. The number of rotatable bonds is 3. The molecule has 0 saturated carbocycles. The minimum atomic E-state index is -0.830. The summed E-state index contributed by atoms with van der Waals surface area (Å²) in [7, 11) is 0. The Bertz CT molecular complexity index is 480. The summed E-state index contributed by atoms with van der Waals surface area (Å²) in [6, 6.07) is 3.62. The number of carbonyl (C=O) groups excluding carboxylic acids is 1. The van der Waals surface area contributed by atoms with Crippen molar-refractivity contribution in [2.45, 2.75) is 26.8 Å². The summed E-state index contributed by atoms with van der Waals surface area (Å²) in [5.74, 6) is -0.907. The molecule has 1 saturated heterocycles. The van der Waals surface area contributed by atoms with Gasteiger partial charge in [0.05, 0.1) is 5.41 Å². The van der Waals surface area contributed by atoms with Gasteiger partial charge in [-0.15, -0.1) is 0 Å². The molecule has 98 valence electrons. The van der Waals surface area contributed by atoms with Crippen molar-refractivity contribution in [1.29, 1.82) is 0 Å². The van der Waals surface area contributed by atoms with Crippen LogP contribution in [-0.2, 0) is 11.3 Å². The van der Waals surface area contributed by atoms with Crippen LogP contribution in [0, 0.1) is 5.41 Å². The highest BCUT2D eigenvalue weighted by Crippen LogP contribution is 2.31. The van der Waals surface area contributed by atoms with Crippen LogP contribution in [0.15, 0.2) is 18.3 Å². The Morgan fingerprint density at radius 2 is 2.22 bits per heavy atom. The molecule has 1 aliphatic heterocycles. The number of hydrogen-bond donors (Lipinski definition) is 1. The molecular formula is C13H18N2O3. The maximum Gasteiger partial charge on any atom is 0.311 e. The van der Waals surface area contributed by atoms with E-state index in [1.165, 1.54) is 0 Å². The monoisotopic (exact) mass is 250 g/mol. The Labute approximate surface area is 106 Å². The Morgan fingerprint density at radius 1 is 1.50 bits per heavy atom. The number of aromatic nitrogens is 1. The average molecular weight is 250 g/mol. The van der Waals surface area contributed by atoms with Crippen LogP contribution in [0.25, 0.3) is 0 Å². The largest absolute Gasteiger partial charge is 0.481 e. The summed E-state index contributed by atoms with van der Waals surface area (Å²) >= 11 is 0. The molecule has 1 aliphatic rings. The zero-order chi connectivity index (χ0) is 13.3. The molecule has 0 spiro atoms. The Balaban J connectivity index is 2.15. The molecule has 0 aliphatic carbocycles. The molecule has 1 amide bonds. The van der Waals surface area contributed by atoms with Crippen LogP contribution >= 0.6 is 0 Å². The van der Waals surface area contributed by atoms with Gasteiger partial charge in [-0.1, -0.05) is 0 Å². The lowest BCUT2D eigenvalue weighted by Crippen LogP contribution is -2.35. The van der Waals surface area contributed by atoms with Crippen LogP contribution in [-0.4, -0.2) is 39.5 Å². The molecule has 2 rings (SSSR count). The summed E-state index contributed by atoms with van der Waals surface area (Å²) in [5, 5.41) is 9.16. The molecule has 0 radical (unpaired) electrons. The molecule has 1 unspecified atom stereocenters. The normalized spacial score (nSPS) is 23.3. The van der Waals surface area contributed by atoms with Crippen LogP contribution in [0.1, 0.15) is 30.8 Å². The lowest BCUT2D eigenvalue weighted by atomic mass is 9.90. The van der Waals surface area contributed by atoms with Gasteiger partial charge in [-0.05, 0) is 32.4 Å². The summed E-state index contributed by atoms with van der Waals surface area (Å²) in [6.45, 7) is 5.20. The Kier molecular flexibility index (Phi) is 3.15. The summed E-state index contributed by atoms with van der Waals surface area (Å²) in [4.78, 5) is 25.1. The van der Waals surface area contributed by atoms with Crippen molar-refractivity contribution >= 4 is 11.9 Å². The van der Waals surface area contributed by atoms with Crippen molar-refractivity contribution in [3.05, 3.63) is 24.0 Å².